The minimum absolute atomic E-state index is 0.0236. The second kappa shape index (κ2) is 8.99. The molecule has 1 spiro atoms. The van der Waals surface area contributed by atoms with E-state index in [0.717, 1.165) is 48.9 Å². The summed E-state index contributed by atoms with van der Waals surface area (Å²) in [6.45, 7) is 1.54. The summed E-state index contributed by atoms with van der Waals surface area (Å²) in [5.41, 5.74) is 0.409. The zero-order valence-corrected chi connectivity index (χ0v) is 19.7. The van der Waals surface area contributed by atoms with E-state index in [0.29, 0.717) is 38.9 Å². The Hall–Kier alpha value is -2.83. The maximum absolute atomic E-state index is 13.9. The summed E-state index contributed by atoms with van der Waals surface area (Å²) in [5.74, 6) is 0.0844. The third-order valence-corrected chi connectivity index (χ3v) is 8.63. The van der Waals surface area contributed by atoms with Gasteiger partial charge in [-0.15, -0.1) is 0 Å². The van der Waals surface area contributed by atoms with Gasteiger partial charge < -0.3 is 10.2 Å². The lowest BCUT2D eigenvalue weighted by Crippen LogP contribution is -2.55. The Balaban J connectivity index is 1.36. The van der Waals surface area contributed by atoms with Crippen LogP contribution in [-0.4, -0.2) is 36.3 Å². The first-order valence-corrected chi connectivity index (χ1v) is 12.5. The molecule has 186 valence electrons. The Labute approximate surface area is 203 Å². The van der Waals surface area contributed by atoms with E-state index in [-0.39, 0.29) is 23.1 Å². The number of nitrogens with zero attached hydrogens (tertiary/aromatic N) is 1. The van der Waals surface area contributed by atoms with Gasteiger partial charge in [-0.25, -0.2) is 0 Å². The molecular weight excluding hydrogens is 453 g/mol. The Kier molecular flexibility index (Phi) is 6.14. The van der Waals surface area contributed by atoms with Crippen molar-refractivity contribution in [3.8, 4) is 0 Å². The maximum Gasteiger partial charge on any atom is 0.416 e. The quantitative estimate of drug-likeness (QED) is 0.632. The monoisotopic (exact) mass is 484 g/mol. The zero-order chi connectivity index (χ0) is 24.7. The third-order valence-electron chi connectivity index (χ3n) is 8.63. The van der Waals surface area contributed by atoms with Crippen LogP contribution in [0.4, 0.5) is 13.2 Å². The molecule has 7 heteroatoms. The number of rotatable bonds is 3. The highest BCUT2D eigenvalue weighted by atomic mass is 19.4. The number of hydrogen-bond acceptors (Lipinski definition) is 2. The normalized spacial score (nSPS) is 23.8. The minimum atomic E-state index is -4.38. The average molecular weight is 485 g/mol. The van der Waals surface area contributed by atoms with E-state index in [2.05, 4.69) is 17.4 Å². The van der Waals surface area contributed by atoms with Crippen molar-refractivity contribution >= 4 is 11.8 Å². The van der Waals surface area contributed by atoms with Gasteiger partial charge in [-0.1, -0.05) is 55.3 Å². The van der Waals surface area contributed by atoms with Gasteiger partial charge in [0.1, 0.15) is 0 Å². The smallest absolute Gasteiger partial charge is 0.355 e. The minimum Gasteiger partial charge on any atom is -0.355 e. The molecule has 2 saturated heterocycles. The Morgan fingerprint density at radius 1 is 0.914 bits per heavy atom. The summed E-state index contributed by atoms with van der Waals surface area (Å²) < 4.78 is 39.2. The van der Waals surface area contributed by atoms with Crippen molar-refractivity contribution in [3.05, 3.63) is 71.3 Å². The van der Waals surface area contributed by atoms with Crippen LogP contribution in [0.2, 0.25) is 0 Å². The summed E-state index contributed by atoms with van der Waals surface area (Å²) in [7, 11) is 0. The number of benzene rings is 2. The van der Waals surface area contributed by atoms with Gasteiger partial charge in [0.25, 0.3) is 0 Å². The molecule has 5 rings (SSSR count). The first kappa shape index (κ1) is 23.9. The number of piperidine rings is 2. The van der Waals surface area contributed by atoms with Crippen LogP contribution < -0.4 is 5.32 Å². The molecule has 2 aromatic rings. The number of carbonyl (C=O) groups excluding carboxylic acids is 2. The topological polar surface area (TPSA) is 49.4 Å². The van der Waals surface area contributed by atoms with Gasteiger partial charge >= 0.3 is 6.18 Å². The summed E-state index contributed by atoms with van der Waals surface area (Å²) in [6.07, 6.45) is 1.08. The fourth-order valence-corrected chi connectivity index (χ4v) is 6.66. The lowest BCUT2D eigenvalue weighted by Gasteiger charge is -2.50. The highest BCUT2D eigenvalue weighted by molar-refractivity contribution is 5.89. The van der Waals surface area contributed by atoms with E-state index in [1.165, 1.54) is 0 Å². The van der Waals surface area contributed by atoms with Crippen molar-refractivity contribution in [1.82, 2.24) is 10.2 Å². The SMILES string of the molecule is O=C1CC2(CCN(C(=O)C3(c4ccccc4)CCCC3)CC2)C(c2ccc(C(F)(F)F)cc2)CN1. The number of likely N-dealkylation sites (tertiary alicyclic amines) is 1. The number of halogens is 3. The molecule has 3 fully saturated rings. The lowest BCUT2D eigenvalue weighted by atomic mass is 9.62. The highest BCUT2D eigenvalue weighted by Gasteiger charge is 2.50. The molecule has 1 aliphatic carbocycles. The van der Waals surface area contributed by atoms with Crippen LogP contribution in [0.1, 0.15) is 67.6 Å². The Morgan fingerprint density at radius 2 is 1.54 bits per heavy atom. The first-order chi connectivity index (χ1) is 16.7. The van der Waals surface area contributed by atoms with Crippen molar-refractivity contribution in [2.24, 2.45) is 5.41 Å². The predicted octanol–water partition coefficient (Wildman–Crippen LogP) is 5.43. The number of alkyl halides is 3. The van der Waals surface area contributed by atoms with Gasteiger partial charge in [-0.3, -0.25) is 9.59 Å². The zero-order valence-electron chi connectivity index (χ0n) is 19.7. The summed E-state index contributed by atoms with van der Waals surface area (Å²) >= 11 is 0. The van der Waals surface area contributed by atoms with E-state index < -0.39 is 17.2 Å². The van der Waals surface area contributed by atoms with Crippen LogP contribution in [-0.2, 0) is 21.2 Å². The van der Waals surface area contributed by atoms with Crippen LogP contribution in [0.15, 0.2) is 54.6 Å². The molecule has 4 nitrogen and oxygen atoms in total. The van der Waals surface area contributed by atoms with Crippen molar-refractivity contribution < 1.29 is 22.8 Å². The molecule has 2 heterocycles. The standard InChI is InChI=1S/C28H31F3N2O2/c29-28(30,31)22-10-8-20(9-11-22)23-19-32-24(34)18-26(23)14-16-33(17-15-26)25(35)27(12-4-5-13-27)21-6-2-1-3-7-21/h1-3,6-11,23H,4-5,12-19H2,(H,32,34). The molecule has 1 unspecified atom stereocenters. The average Bonchev–Trinajstić information content (AvgIpc) is 3.36. The van der Waals surface area contributed by atoms with E-state index in [9.17, 15) is 22.8 Å². The van der Waals surface area contributed by atoms with Crippen LogP contribution in [0.3, 0.4) is 0 Å². The third kappa shape index (κ3) is 4.34. The molecule has 1 atom stereocenters. The maximum atomic E-state index is 13.9. The molecule has 0 aromatic heterocycles. The van der Waals surface area contributed by atoms with Gasteiger partial charge in [-0.05, 0) is 54.4 Å². The predicted molar refractivity (Wildman–Crippen MR) is 127 cm³/mol. The molecule has 1 N–H and O–H groups in total. The number of carbonyl (C=O) groups is 2. The van der Waals surface area contributed by atoms with Crippen molar-refractivity contribution in [2.45, 2.75) is 62.5 Å². The molecule has 2 aromatic carbocycles. The molecule has 0 radical (unpaired) electrons. The molecule has 2 aliphatic heterocycles. The van der Waals surface area contributed by atoms with Gasteiger partial charge in [0.05, 0.1) is 11.0 Å². The number of nitrogens with one attached hydrogen (secondary N) is 1. The molecular formula is C28H31F3N2O2. The van der Waals surface area contributed by atoms with Crippen molar-refractivity contribution in [1.29, 1.82) is 0 Å². The number of hydrogen-bond donors (Lipinski definition) is 1. The molecule has 1 saturated carbocycles. The van der Waals surface area contributed by atoms with Crippen molar-refractivity contribution in [3.63, 3.8) is 0 Å². The summed E-state index contributed by atoms with van der Waals surface area (Å²) in [6, 6.07) is 15.4. The molecule has 0 bridgehead atoms. The van der Waals surface area contributed by atoms with E-state index in [4.69, 9.17) is 0 Å². The fourth-order valence-electron chi connectivity index (χ4n) is 6.66. The highest BCUT2D eigenvalue weighted by Crippen LogP contribution is 2.50. The second-order valence-electron chi connectivity index (χ2n) is 10.5. The van der Waals surface area contributed by atoms with E-state index in [1.54, 1.807) is 12.1 Å². The van der Waals surface area contributed by atoms with Gasteiger partial charge in [0.2, 0.25) is 11.8 Å². The van der Waals surface area contributed by atoms with Gasteiger partial charge in [0.15, 0.2) is 0 Å². The van der Waals surface area contributed by atoms with E-state index in [1.807, 2.05) is 23.1 Å². The molecule has 35 heavy (non-hydrogen) atoms. The van der Waals surface area contributed by atoms with Crippen LogP contribution in [0.25, 0.3) is 0 Å². The summed E-state index contributed by atoms with van der Waals surface area (Å²) in [5, 5.41) is 2.91. The first-order valence-electron chi connectivity index (χ1n) is 12.5. The van der Waals surface area contributed by atoms with Crippen LogP contribution in [0.5, 0.6) is 0 Å². The second-order valence-corrected chi connectivity index (χ2v) is 10.5. The van der Waals surface area contributed by atoms with Crippen molar-refractivity contribution in [2.75, 3.05) is 19.6 Å². The van der Waals surface area contributed by atoms with Crippen LogP contribution in [0, 0.1) is 5.41 Å². The molecule has 3 aliphatic rings. The Bertz CT molecular complexity index is 1070. The Morgan fingerprint density at radius 3 is 2.14 bits per heavy atom. The van der Waals surface area contributed by atoms with E-state index >= 15 is 0 Å². The fraction of sp³-hybridized carbons (Fsp3) is 0.500. The van der Waals surface area contributed by atoms with Gasteiger partial charge in [0, 0.05) is 32.0 Å². The molecule has 2 amide bonds. The largest absolute Gasteiger partial charge is 0.416 e. The lowest BCUT2D eigenvalue weighted by molar-refractivity contribution is -0.141. The summed E-state index contributed by atoms with van der Waals surface area (Å²) in [4.78, 5) is 28.3. The van der Waals surface area contributed by atoms with Crippen LogP contribution >= 0.6 is 0 Å². The van der Waals surface area contributed by atoms with Gasteiger partial charge in [-0.2, -0.15) is 13.2 Å². The number of amides is 2.